The van der Waals surface area contributed by atoms with Gasteiger partial charge in [-0.1, -0.05) is 12.1 Å². The average molecular weight is 382 g/mol. The van der Waals surface area contributed by atoms with Crippen LogP contribution in [-0.2, 0) is 4.74 Å². The summed E-state index contributed by atoms with van der Waals surface area (Å²) in [5.41, 5.74) is 1.55. The van der Waals surface area contributed by atoms with Gasteiger partial charge in [-0.2, -0.15) is 0 Å². The van der Waals surface area contributed by atoms with E-state index in [2.05, 4.69) is 10.6 Å². The molecule has 6 nitrogen and oxygen atoms in total. The van der Waals surface area contributed by atoms with Gasteiger partial charge in [-0.05, 0) is 63.1 Å². The first-order chi connectivity index (χ1) is 13.5. The van der Waals surface area contributed by atoms with Gasteiger partial charge in [0.2, 0.25) is 0 Å². The molecule has 6 heteroatoms. The molecule has 1 saturated heterocycles. The smallest absolute Gasteiger partial charge is 0.255 e. The van der Waals surface area contributed by atoms with Crippen molar-refractivity contribution in [1.29, 1.82) is 0 Å². The van der Waals surface area contributed by atoms with Gasteiger partial charge in [-0.3, -0.25) is 9.59 Å². The van der Waals surface area contributed by atoms with Crippen LogP contribution in [0.2, 0.25) is 0 Å². The van der Waals surface area contributed by atoms with Crippen LogP contribution < -0.4 is 15.4 Å². The number of benzene rings is 2. The molecule has 1 aliphatic heterocycles. The van der Waals surface area contributed by atoms with E-state index in [1.165, 1.54) is 0 Å². The van der Waals surface area contributed by atoms with Gasteiger partial charge in [-0.15, -0.1) is 0 Å². The van der Waals surface area contributed by atoms with Gasteiger partial charge in [0, 0.05) is 30.0 Å². The lowest BCUT2D eigenvalue weighted by molar-refractivity contribution is 0.0857. The Balaban J connectivity index is 1.62. The molecule has 2 amide bonds. The molecule has 0 bridgehead atoms. The van der Waals surface area contributed by atoms with Crippen LogP contribution in [0.3, 0.4) is 0 Å². The van der Waals surface area contributed by atoms with E-state index < -0.39 is 0 Å². The van der Waals surface area contributed by atoms with Gasteiger partial charge in [0.25, 0.3) is 11.8 Å². The Morgan fingerprint density at radius 2 is 1.86 bits per heavy atom. The summed E-state index contributed by atoms with van der Waals surface area (Å²) in [6.07, 6.45) is 2.12. The van der Waals surface area contributed by atoms with Gasteiger partial charge in [0.15, 0.2) is 0 Å². The number of hydrogen-bond acceptors (Lipinski definition) is 4. The normalized spacial score (nSPS) is 16.0. The standard InChI is InChI=1S/C22H26N2O4/c1-15(2)28-19-9-4-7-17(13-19)22(26)24-18-8-3-6-16(12-18)21(25)23-14-20-10-5-11-27-20/h3-4,6-9,12-13,15,20H,5,10-11,14H2,1-2H3,(H,23,25)(H,24,26). The van der Waals surface area contributed by atoms with Crippen LogP contribution in [0.5, 0.6) is 5.75 Å². The molecule has 1 atom stereocenters. The number of ether oxygens (including phenoxy) is 2. The zero-order chi connectivity index (χ0) is 19.9. The van der Waals surface area contributed by atoms with Gasteiger partial charge in [0.1, 0.15) is 5.75 Å². The topological polar surface area (TPSA) is 76.7 Å². The maximum atomic E-state index is 12.5. The number of hydrogen-bond donors (Lipinski definition) is 2. The Morgan fingerprint density at radius 3 is 2.57 bits per heavy atom. The first-order valence-corrected chi connectivity index (χ1v) is 9.59. The van der Waals surface area contributed by atoms with Crippen molar-refractivity contribution in [3.8, 4) is 5.75 Å². The van der Waals surface area contributed by atoms with E-state index >= 15 is 0 Å². The van der Waals surface area contributed by atoms with E-state index in [0.29, 0.717) is 29.1 Å². The predicted octanol–water partition coefficient (Wildman–Crippen LogP) is 3.63. The Labute approximate surface area is 165 Å². The summed E-state index contributed by atoms with van der Waals surface area (Å²) in [6.45, 7) is 5.12. The average Bonchev–Trinajstić information content (AvgIpc) is 3.19. The Bertz CT molecular complexity index is 829. The zero-order valence-corrected chi connectivity index (χ0v) is 16.2. The van der Waals surface area contributed by atoms with Crippen molar-refractivity contribution in [3.05, 3.63) is 59.7 Å². The van der Waals surface area contributed by atoms with Gasteiger partial charge in [0.05, 0.1) is 12.2 Å². The monoisotopic (exact) mass is 382 g/mol. The number of rotatable bonds is 7. The molecule has 2 aromatic rings. The van der Waals surface area contributed by atoms with Gasteiger partial charge < -0.3 is 20.1 Å². The minimum atomic E-state index is -0.258. The van der Waals surface area contributed by atoms with Crippen LogP contribution in [0, 0.1) is 0 Å². The van der Waals surface area contributed by atoms with Crippen molar-refractivity contribution in [1.82, 2.24) is 5.32 Å². The van der Waals surface area contributed by atoms with Crippen molar-refractivity contribution in [3.63, 3.8) is 0 Å². The van der Waals surface area contributed by atoms with Gasteiger partial charge in [-0.25, -0.2) is 0 Å². The highest BCUT2D eigenvalue weighted by Crippen LogP contribution is 2.18. The number of carbonyl (C=O) groups is 2. The lowest BCUT2D eigenvalue weighted by Gasteiger charge is -2.12. The highest BCUT2D eigenvalue weighted by atomic mass is 16.5. The molecule has 0 radical (unpaired) electrons. The molecule has 2 aromatic carbocycles. The van der Waals surface area contributed by atoms with Crippen molar-refractivity contribution in [2.24, 2.45) is 0 Å². The summed E-state index contributed by atoms with van der Waals surface area (Å²) in [7, 11) is 0. The fourth-order valence-corrected chi connectivity index (χ4v) is 3.04. The summed E-state index contributed by atoms with van der Waals surface area (Å²) >= 11 is 0. The molecule has 28 heavy (non-hydrogen) atoms. The van der Waals surface area contributed by atoms with E-state index in [-0.39, 0.29) is 24.0 Å². The summed E-state index contributed by atoms with van der Waals surface area (Å²) < 4.78 is 11.1. The second-order valence-corrected chi connectivity index (χ2v) is 7.07. The van der Waals surface area contributed by atoms with E-state index in [1.54, 1.807) is 42.5 Å². The lowest BCUT2D eigenvalue weighted by Crippen LogP contribution is -2.31. The molecule has 1 heterocycles. The van der Waals surface area contributed by atoms with Crippen LogP contribution in [0.1, 0.15) is 47.4 Å². The molecule has 148 valence electrons. The minimum Gasteiger partial charge on any atom is -0.491 e. The van der Waals surface area contributed by atoms with E-state index in [1.807, 2.05) is 19.9 Å². The maximum absolute atomic E-state index is 12.5. The second kappa shape index (κ2) is 9.37. The molecule has 1 unspecified atom stereocenters. The van der Waals surface area contributed by atoms with E-state index in [9.17, 15) is 9.59 Å². The fraction of sp³-hybridized carbons (Fsp3) is 0.364. The van der Waals surface area contributed by atoms with E-state index in [0.717, 1.165) is 19.4 Å². The van der Waals surface area contributed by atoms with Gasteiger partial charge >= 0.3 is 0 Å². The van der Waals surface area contributed by atoms with Crippen molar-refractivity contribution < 1.29 is 19.1 Å². The summed E-state index contributed by atoms with van der Waals surface area (Å²) in [4.78, 5) is 24.9. The Morgan fingerprint density at radius 1 is 1.11 bits per heavy atom. The molecular formula is C22H26N2O4. The Hall–Kier alpha value is -2.86. The molecule has 0 aromatic heterocycles. The Kier molecular flexibility index (Phi) is 6.66. The first-order valence-electron chi connectivity index (χ1n) is 9.59. The quantitative estimate of drug-likeness (QED) is 0.767. The molecule has 1 aliphatic rings. The molecule has 3 rings (SSSR count). The summed E-state index contributed by atoms with van der Waals surface area (Å²) in [6, 6.07) is 13.9. The molecule has 0 aliphatic carbocycles. The van der Waals surface area contributed by atoms with Crippen LogP contribution in [0.4, 0.5) is 5.69 Å². The lowest BCUT2D eigenvalue weighted by atomic mass is 10.1. The summed E-state index contributed by atoms with van der Waals surface area (Å²) in [5, 5.41) is 5.72. The summed E-state index contributed by atoms with van der Waals surface area (Å²) in [5.74, 6) is 0.204. The van der Waals surface area contributed by atoms with E-state index in [4.69, 9.17) is 9.47 Å². The number of carbonyl (C=O) groups excluding carboxylic acids is 2. The third-order valence-electron chi connectivity index (χ3n) is 4.36. The van der Waals surface area contributed by atoms with Crippen LogP contribution in [-0.4, -0.2) is 37.2 Å². The SMILES string of the molecule is CC(C)Oc1cccc(C(=O)Nc2cccc(C(=O)NCC3CCCO3)c2)c1. The highest BCUT2D eigenvalue weighted by molar-refractivity contribution is 6.05. The largest absolute Gasteiger partial charge is 0.491 e. The predicted molar refractivity (Wildman–Crippen MR) is 108 cm³/mol. The first kappa shape index (κ1) is 19.9. The van der Waals surface area contributed by atoms with Crippen molar-refractivity contribution in [2.45, 2.75) is 38.9 Å². The molecule has 0 spiro atoms. The van der Waals surface area contributed by atoms with Crippen LogP contribution >= 0.6 is 0 Å². The molecule has 0 saturated carbocycles. The molecule has 2 N–H and O–H groups in total. The van der Waals surface area contributed by atoms with Crippen molar-refractivity contribution in [2.75, 3.05) is 18.5 Å². The third-order valence-corrected chi connectivity index (χ3v) is 4.36. The van der Waals surface area contributed by atoms with Crippen LogP contribution in [0.15, 0.2) is 48.5 Å². The molecular weight excluding hydrogens is 356 g/mol. The zero-order valence-electron chi connectivity index (χ0n) is 16.2. The molecule has 1 fully saturated rings. The third kappa shape index (κ3) is 5.57. The second-order valence-electron chi connectivity index (χ2n) is 7.07. The number of nitrogens with one attached hydrogen (secondary N) is 2. The van der Waals surface area contributed by atoms with Crippen molar-refractivity contribution >= 4 is 17.5 Å². The van der Waals surface area contributed by atoms with Crippen LogP contribution in [0.25, 0.3) is 0 Å². The maximum Gasteiger partial charge on any atom is 0.255 e. The fourth-order valence-electron chi connectivity index (χ4n) is 3.04. The minimum absolute atomic E-state index is 0.0307. The highest BCUT2D eigenvalue weighted by Gasteiger charge is 2.17. The number of amides is 2. The number of anilines is 1.